The van der Waals surface area contributed by atoms with Crippen LogP contribution in [0.1, 0.15) is 75.1 Å². The molecule has 0 fully saturated rings. The molecule has 3 aromatic rings. The largest absolute Gasteiger partial charge is 0.301 e. The first-order valence-corrected chi connectivity index (χ1v) is 13.8. The first kappa shape index (κ1) is 28.5. The highest BCUT2D eigenvalue weighted by Crippen LogP contribution is 2.32. The summed E-state index contributed by atoms with van der Waals surface area (Å²) in [4.78, 5) is 19.3. The fourth-order valence-electron chi connectivity index (χ4n) is 4.25. The minimum atomic E-state index is -4.23. The first-order valence-electron chi connectivity index (χ1n) is 12.3. The van der Waals surface area contributed by atoms with Crippen molar-refractivity contribution in [1.29, 1.82) is 0 Å². The van der Waals surface area contributed by atoms with Gasteiger partial charge in [0.25, 0.3) is 10.0 Å². The molecule has 2 aromatic heterocycles. The molecular formula is C27H36FN5O3S. The molecule has 1 N–H and O–H groups in total. The van der Waals surface area contributed by atoms with E-state index in [1.165, 1.54) is 18.2 Å². The Morgan fingerprint density at radius 3 is 2.35 bits per heavy atom. The molecule has 10 heteroatoms. The summed E-state index contributed by atoms with van der Waals surface area (Å²) in [5.74, 6) is -1.23. The van der Waals surface area contributed by atoms with Crippen molar-refractivity contribution in [3.8, 4) is 11.1 Å². The van der Waals surface area contributed by atoms with Crippen molar-refractivity contribution in [1.82, 2.24) is 24.4 Å². The van der Waals surface area contributed by atoms with Crippen LogP contribution in [-0.4, -0.2) is 48.1 Å². The maximum atomic E-state index is 14.6. The van der Waals surface area contributed by atoms with Crippen LogP contribution in [-0.2, 0) is 21.2 Å². The van der Waals surface area contributed by atoms with Crippen molar-refractivity contribution in [2.75, 3.05) is 14.1 Å². The zero-order chi connectivity index (χ0) is 27.7. The highest BCUT2D eigenvalue weighted by atomic mass is 32.2. The molecule has 0 aliphatic carbocycles. The third-order valence-electron chi connectivity index (χ3n) is 6.37. The van der Waals surface area contributed by atoms with Gasteiger partial charge in [0.1, 0.15) is 5.82 Å². The van der Waals surface area contributed by atoms with Crippen LogP contribution in [0, 0.1) is 12.7 Å². The van der Waals surface area contributed by atoms with Gasteiger partial charge in [0.2, 0.25) is 5.91 Å². The predicted octanol–water partition coefficient (Wildman–Crippen LogP) is 4.77. The molecule has 3 rings (SSSR count). The van der Waals surface area contributed by atoms with E-state index in [-0.39, 0.29) is 29.4 Å². The number of nitrogens with one attached hydrogen (secondary N) is 1. The van der Waals surface area contributed by atoms with Crippen LogP contribution in [0.5, 0.6) is 0 Å². The zero-order valence-electron chi connectivity index (χ0n) is 22.7. The van der Waals surface area contributed by atoms with Crippen molar-refractivity contribution in [2.45, 2.75) is 71.0 Å². The molecule has 2 heterocycles. The summed E-state index contributed by atoms with van der Waals surface area (Å²) in [5.41, 5.74) is 3.93. The van der Waals surface area contributed by atoms with Gasteiger partial charge in [0.15, 0.2) is 5.03 Å². The van der Waals surface area contributed by atoms with Gasteiger partial charge in [-0.25, -0.2) is 9.11 Å². The molecule has 0 saturated heterocycles. The van der Waals surface area contributed by atoms with E-state index in [2.05, 4.69) is 14.8 Å². The molecule has 0 bridgehead atoms. The van der Waals surface area contributed by atoms with Crippen LogP contribution < -0.4 is 4.72 Å². The standard InChI is InChI=1S/C27H36FN5O3S/c1-16(2)22-12-21(28)13-23(20-9-10-29-18(5)11-20)24(22)14-26(34)31-37(35,36)27-15-25(19(6)32(7)8)33(30-27)17(3)4/h9-13,15-17,19H,14H2,1-8H3,(H,31,34). The number of sulfonamides is 1. The lowest BCUT2D eigenvalue weighted by Gasteiger charge is -2.22. The summed E-state index contributed by atoms with van der Waals surface area (Å²) in [6.07, 6.45) is 1.38. The number of benzene rings is 1. The van der Waals surface area contributed by atoms with Crippen molar-refractivity contribution < 1.29 is 17.6 Å². The maximum Gasteiger partial charge on any atom is 0.283 e. The molecule has 0 saturated carbocycles. The Morgan fingerprint density at radius 1 is 1.11 bits per heavy atom. The Kier molecular flexibility index (Phi) is 8.54. The topological polar surface area (TPSA) is 97.2 Å². The Hall–Kier alpha value is -3.11. The minimum Gasteiger partial charge on any atom is -0.301 e. The molecule has 0 spiro atoms. The second-order valence-corrected chi connectivity index (χ2v) is 11.8. The summed E-state index contributed by atoms with van der Waals surface area (Å²) in [6, 6.07) is 7.67. The van der Waals surface area contributed by atoms with E-state index >= 15 is 0 Å². The van der Waals surface area contributed by atoms with E-state index in [4.69, 9.17) is 0 Å². The molecule has 8 nitrogen and oxygen atoms in total. The van der Waals surface area contributed by atoms with Gasteiger partial charge in [-0.15, -0.1) is 0 Å². The fraction of sp³-hybridized carbons (Fsp3) is 0.444. The van der Waals surface area contributed by atoms with Crippen LogP contribution >= 0.6 is 0 Å². The lowest BCUT2D eigenvalue weighted by atomic mass is 9.88. The van der Waals surface area contributed by atoms with Crippen molar-refractivity contribution >= 4 is 15.9 Å². The number of aromatic nitrogens is 3. The number of rotatable bonds is 9. The fourth-order valence-corrected chi connectivity index (χ4v) is 5.19. The van der Waals surface area contributed by atoms with Gasteiger partial charge in [-0.2, -0.15) is 13.5 Å². The lowest BCUT2D eigenvalue weighted by molar-refractivity contribution is -0.118. The predicted molar refractivity (Wildman–Crippen MR) is 142 cm³/mol. The van der Waals surface area contributed by atoms with Gasteiger partial charge < -0.3 is 4.90 Å². The van der Waals surface area contributed by atoms with Crippen LogP contribution in [0.2, 0.25) is 0 Å². The maximum absolute atomic E-state index is 14.6. The zero-order valence-corrected chi connectivity index (χ0v) is 23.5. The van der Waals surface area contributed by atoms with Crippen molar-refractivity contribution in [3.63, 3.8) is 0 Å². The number of pyridine rings is 1. The summed E-state index contributed by atoms with van der Waals surface area (Å²) < 4.78 is 44.8. The molecular weight excluding hydrogens is 493 g/mol. The third kappa shape index (κ3) is 6.42. The van der Waals surface area contributed by atoms with Crippen LogP contribution in [0.4, 0.5) is 4.39 Å². The van der Waals surface area contributed by atoms with Crippen LogP contribution in [0.3, 0.4) is 0 Å². The normalized spacial score (nSPS) is 13.0. The number of carbonyl (C=O) groups excluding carboxylic acids is 1. The third-order valence-corrected chi connectivity index (χ3v) is 7.62. The van der Waals surface area contributed by atoms with Crippen molar-refractivity contribution in [3.05, 3.63) is 64.9 Å². The average Bonchev–Trinajstić information content (AvgIpc) is 3.25. The van der Waals surface area contributed by atoms with Gasteiger partial charge in [-0.1, -0.05) is 13.8 Å². The van der Waals surface area contributed by atoms with Gasteiger partial charge in [0.05, 0.1) is 12.1 Å². The molecule has 0 aliphatic rings. The molecule has 1 amide bonds. The van der Waals surface area contributed by atoms with Crippen LogP contribution in [0.15, 0.2) is 41.6 Å². The molecule has 1 aromatic carbocycles. The van der Waals surface area contributed by atoms with Gasteiger partial charge >= 0.3 is 0 Å². The lowest BCUT2D eigenvalue weighted by Crippen LogP contribution is -2.32. The van der Waals surface area contributed by atoms with Gasteiger partial charge in [0, 0.05) is 30.0 Å². The smallest absolute Gasteiger partial charge is 0.283 e. The van der Waals surface area contributed by atoms with E-state index in [9.17, 15) is 17.6 Å². The Labute approximate surface area is 219 Å². The monoisotopic (exact) mass is 529 g/mol. The van der Waals surface area contributed by atoms with Gasteiger partial charge in [-0.3, -0.25) is 14.5 Å². The average molecular weight is 530 g/mol. The van der Waals surface area contributed by atoms with E-state index in [1.54, 1.807) is 16.9 Å². The molecule has 1 unspecified atom stereocenters. The van der Waals surface area contributed by atoms with E-state index < -0.39 is 21.7 Å². The molecule has 0 radical (unpaired) electrons. The molecule has 1 atom stereocenters. The summed E-state index contributed by atoms with van der Waals surface area (Å²) >= 11 is 0. The summed E-state index contributed by atoms with van der Waals surface area (Å²) in [5, 5.41) is 4.09. The van der Waals surface area contributed by atoms with Crippen molar-refractivity contribution in [2.24, 2.45) is 0 Å². The number of amides is 1. The number of nitrogens with zero attached hydrogens (tertiary/aromatic N) is 4. The molecule has 200 valence electrons. The number of carbonyl (C=O) groups is 1. The van der Waals surface area contributed by atoms with E-state index in [1.807, 2.05) is 66.6 Å². The second kappa shape index (κ2) is 11.1. The first-order chi connectivity index (χ1) is 17.2. The SMILES string of the molecule is Cc1cc(-c2cc(F)cc(C(C)C)c2CC(=O)NS(=O)(=O)c2cc(C(C)N(C)C)n(C(C)C)n2)ccn1. The molecule has 0 aliphatic heterocycles. The Bertz CT molecular complexity index is 1400. The number of hydrogen-bond donors (Lipinski definition) is 1. The number of aryl methyl sites for hydroxylation is 1. The second-order valence-electron chi connectivity index (χ2n) is 10.2. The molecule has 37 heavy (non-hydrogen) atoms. The quantitative estimate of drug-likeness (QED) is 0.429. The summed E-state index contributed by atoms with van der Waals surface area (Å²) in [7, 11) is -0.438. The highest BCUT2D eigenvalue weighted by molar-refractivity contribution is 7.90. The highest BCUT2D eigenvalue weighted by Gasteiger charge is 2.27. The van der Waals surface area contributed by atoms with E-state index in [0.29, 0.717) is 22.3 Å². The van der Waals surface area contributed by atoms with E-state index in [0.717, 1.165) is 11.4 Å². The minimum absolute atomic E-state index is 0.0729. The Morgan fingerprint density at radius 2 is 1.78 bits per heavy atom. The summed E-state index contributed by atoms with van der Waals surface area (Å²) in [6.45, 7) is 11.4. The van der Waals surface area contributed by atoms with Crippen LogP contribution in [0.25, 0.3) is 11.1 Å². The number of halogens is 1. The van der Waals surface area contributed by atoms with Gasteiger partial charge in [-0.05, 0) is 94.2 Å². The number of hydrogen-bond acceptors (Lipinski definition) is 6. The Balaban J connectivity index is 1.99.